The summed E-state index contributed by atoms with van der Waals surface area (Å²) >= 11 is 7.29. The average Bonchev–Trinajstić information content (AvgIpc) is 2.06. The molecule has 1 aromatic rings. The van der Waals surface area contributed by atoms with Gasteiger partial charge in [-0.25, -0.2) is 4.79 Å². The molecule has 1 aromatic carbocycles. The van der Waals surface area contributed by atoms with Crippen LogP contribution >= 0.6 is 25.6 Å². The van der Waals surface area contributed by atoms with E-state index in [9.17, 15) is 4.79 Å². The number of thiol groups is 2. The van der Waals surface area contributed by atoms with Gasteiger partial charge in [0.05, 0.1) is 0 Å². The summed E-state index contributed by atoms with van der Waals surface area (Å²) in [6.45, 7) is 0. The summed E-state index contributed by atoms with van der Waals surface area (Å²) in [5.41, 5.74) is 0. The molecule has 0 radical (unpaired) electrons. The molecule has 0 N–H and O–H groups in total. The zero-order valence-electron chi connectivity index (χ0n) is 8.75. The maximum absolute atomic E-state index is 10.9. The molecule has 0 bridgehead atoms. The average molecular weight is 341 g/mol. The molecule has 0 unspecified atom stereocenters. The predicted molar refractivity (Wildman–Crippen MR) is 60.3 cm³/mol. The van der Waals surface area contributed by atoms with E-state index in [-0.39, 0.29) is 51.7 Å². The fourth-order valence-electron chi connectivity index (χ4n) is 0.630. The Kier molecular flexibility index (Phi) is 7.52. The number of nitrogens with zero attached hydrogens (tertiary/aromatic N) is 1. The van der Waals surface area contributed by atoms with Gasteiger partial charge >= 0.3 is 55.0 Å². The van der Waals surface area contributed by atoms with Crippen LogP contribution in [0.3, 0.4) is 0 Å². The van der Waals surface area contributed by atoms with Gasteiger partial charge < -0.3 is 7.59 Å². The van der Waals surface area contributed by atoms with Crippen molar-refractivity contribution < 1.29 is 12.4 Å². The molecule has 0 fully saturated rings. The molecule has 0 aliphatic heterocycles. The van der Waals surface area contributed by atoms with Gasteiger partial charge in [0.1, 0.15) is 5.75 Å². The molecule has 0 aliphatic carbocycles. The predicted octanol–water partition coefficient (Wildman–Crippen LogP) is 2.02. The fraction of sp³-hybridized carbons (Fsp3) is 0. The number of carbonyl (C=O) groups is 1. The molecule has 6 heteroatoms. The molecule has 68 valence electrons. The van der Waals surface area contributed by atoms with Gasteiger partial charge in [0.15, 0.2) is 0 Å². The molecule has 13 heavy (non-hydrogen) atoms. The topological polar surface area (TPSA) is 29.5 Å². The molecule has 1 rings (SSSR count). The summed E-state index contributed by atoms with van der Waals surface area (Å²) < 4.78 is 5.58. The van der Waals surface area contributed by atoms with Crippen molar-refractivity contribution in [2.24, 2.45) is 0 Å². The van der Waals surface area contributed by atoms with E-state index in [1.165, 1.54) is 0 Å². The minimum atomic E-state index is -0.632. The van der Waals surface area contributed by atoms with Crippen molar-refractivity contribution in [2.75, 3.05) is 0 Å². The van der Waals surface area contributed by atoms with Crippen LogP contribution in [0.25, 0.3) is 0 Å². The zero-order valence-corrected chi connectivity index (χ0v) is 13.0. The minimum absolute atomic E-state index is 0. The molecular formula is C7H9BaNO2S2. The van der Waals surface area contributed by atoms with E-state index in [1.54, 1.807) is 24.3 Å². The van der Waals surface area contributed by atoms with E-state index >= 15 is 0 Å². The van der Waals surface area contributed by atoms with Crippen LogP contribution < -0.4 is 4.74 Å². The Labute approximate surface area is 131 Å². The maximum Gasteiger partial charge on any atom is 2.00 e. The van der Waals surface area contributed by atoms with Crippen molar-refractivity contribution in [3.63, 3.8) is 0 Å². The Morgan fingerprint density at radius 3 is 2.31 bits per heavy atom. The largest absolute Gasteiger partial charge is 2.00 e. The Bertz CT molecular complexity index is 277. The number of benzene rings is 1. The van der Waals surface area contributed by atoms with Crippen LogP contribution in [-0.2, 0) is 0 Å². The van der Waals surface area contributed by atoms with Crippen molar-refractivity contribution in [3.05, 3.63) is 30.3 Å². The molecule has 0 heterocycles. The number of hydrogen-bond donors (Lipinski definition) is 2. The molecule has 0 saturated heterocycles. The molecule has 0 aromatic heterocycles. The molecular weight excluding hydrogens is 332 g/mol. The number of hydrogen-bond acceptors (Lipinski definition) is 4. The minimum Gasteiger partial charge on any atom is -1.00 e. The Balaban J connectivity index is -0.000000480. The van der Waals surface area contributed by atoms with Gasteiger partial charge in [-0.2, -0.15) is 3.71 Å². The van der Waals surface area contributed by atoms with Gasteiger partial charge in [0.25, 0.3) is 0 Å². The van der Waals surface area contributed by atoms with Crippen molar-refractivity contribution in [3.8, 4) is 5.75 Å². The smallest absolute Gasteiger partial charge is 1.00 e. The second-order valence-corrected chi connectivity index (χ2v) is 3.09. The van der Waals surface area contributed by atoms with Crippen molar-refractivity contribution >= 4 is 80.6 Å². The van der Waals surface area contributed by atoms with E-state index in [1.807, 2.05) is 6.07 Å². The van der Waals surface area contributed by atoms with E-state index in [0.29, 0.717) is 5.75 Å². The van der Waals surface area contributed by atoms with Crippen LogP contribution in [0.2, 0.25) is 0 Å². The van der Waals surface area contributed by atoms with Gasteiger partial charge in [0, 0.05) is 0 Å². The van der Waals surface area contributed by atoms with Gasteiger partial charge in [-0.3, -0.25) is 0 Å². The third kappa shape index (κ3) is 5.26. The van der Waals surface area contributed by atoms with Crippen LogP contribution in [-0.4, -0.2) is 58.7 Å². The third-order valence-corrected chi connectivity index (χ3v) is 1.44. The summed E-state index contributed by atoms with van der Waals surface area (Å²) in [6.07, 6.45) is -0.632. The Morgan fingerprint density at radius 1 is 1.31 bits per heavy atom. The van der Waals surface area contributed by atoms with Crippen LogP contribution in [0.4, 0.5) is 4.79 Å². The summed E-state index contributed by atoms with van der Waals surface area (Å²) in [5, 5.41) is 0. The molecule has 1 amide bonds. The molecule has 3 nitrogen and oxygen atoms in total. The molecule has 0 aliphatic rings. The van der Waals surface area contributed by atoms with Crippen LogP contribution in [0.15, 0.2) is 30.3 Å². The summed E-state index contributed by atoms with van der Waals surface area (Å²) in [5.74, 6) is 0.468. The maximum atomic E-state index is 10.9. The fourth-order valence-corrected chi connectivity index (χ4v) is 0.712. The van der Waals surface area contributed by atoms with E-state index in [2.05, 4.69) is 25.6 Å². The van der Waals surface area contributed by atoms with Crippen molar-refractivity contribution in [1.82, 2.24) is 3.71 Å². The van der Waals surface area contributed by atoms with Gasteiger partial charge in [0.2, 0.25) is 0 Å². The first-order chi connectivity index (χ1) is 5.70. The van der Waals surface area contributed by atoms with E-state index in [0.717, 1.165) is 3.71 Å². The second kappa shape index (κ2) is 7.11. The van der Waals surface area contributed by atoms with Crippen LogP contribution in [0.1, 0.15) is 2.85 Å². The van der Waals surface area contributed by atoms with E-state index < -0.39 is 6.09 Å². The SMILES string of the molecule is O=C(Oc1ccccc1)N(S)S.[Ba+2].[H-].[H-]. The number of amides is 1. The van der Waals surface area contributed by atoms with Crippen molar-refractivity contribution in [1.29, 1.82) is 0 Å². The van der Waals surface area contributed by atoms with Gasteiger partial charge in [-0.15, -0.1) is 0 Å². The molecule has 0 saturated carbocycles. The van der Waals surface area contributed by atoms with Gasteiger partial charge in [-0.05, 0) is 37.8 Å². The number of para-hydroxylation sites is 1. The van der Waals surface area contributed by atoms with Crippen LogP contribution in [0, 0.1) is 0 Å². The summed E-state index contributed by atoms with van der Waals surface area (Å²) in [6, 6.07) is 8.70. The molecule has 0 spiro atoms. The summed E-state index contributed by atoms with van der Waals surface area (Å²) in [7, 11) is 0. The second-order valence-electron chi connectivity index (χ2n) is 1.97. The Morgan fingerprint density at radius 2 is 1.85 bits per heavy atom. The monoisotopic (exact) mass is 341 g/mol. The number of rotatable bonds is 1. The van der Waals surface area contributed by atoms with Crippen LogP contribution in [0.5, 0.6) is 5.75 Å². The first-order valence-electron chi connectivity index (χ1n) is 3.15. The Hall–Kier alpha value is 0.761. The first kappa shape index (κ1) is 13.8. The summed E-state index contributed by atoms with van der Waals surface area (Å²) in [4.78, 5) is 10.9. The zero-order chi connectivity index (χ0) is 8.97. The van der Waals surface area contributed by atoms with E-state index in [4.69, 9.17) is 4.74 Å². The normalized spacial score (nSPS) is 8.46. The third-order valence-electron chi connectivity index (χ3n) is 1.11. The first-order valence-corrected chi connectivity index (χ1v) is 3.95. The quantitative estimate of drug-likeness (QED) is 0.605. The number of ether oxygens (including phenoxy) is 1. The standard InChI is InChI=1S/C7H7NO2S2.Ba.2H/c9-7(8(11)12)10-6-4-2-1-3-5-6;;;/h1-5,11-12H;;;/q;+2;2*-1. The van der Waals surface area contributed by atoms with Gasteiger partial charge in [-0.1, -0.05) is 18.2 Å². The van der Waals surface area contributed by atoms with Crippen molar-refractivity contribution in [2.45, 2.75) is 0 Å². The molecule has 0 atom stereocenters. The number of carbonyl (C=O) groups excluding carboxylic acids is 1.